The lowest BCUT2D eigenvalue weighted by atomic mass is 9.74. The van der Waals surface area contributed by atoms with Crippen LogP contribution in [-0.4, -0.2) is 80.5 Å². The number of pyridine rings is 1. The van der Waals surface area contributed by atoms with Crippen molar-refractivity contribution in [3.63, 3.8) is 0 Å². The number of anilines is 1. The van der Waals surface area contributed by atoms with Crippen molar-refractivity contribution in [3.8, 4) is 0 Å². The molecule has 35 heavy (non-hydrogen) atoms. The zero-order valence-corrected chi connectivity index (χ0v) is 20.8. The lowest BCUT2D eigenvalue weighted by Gasteiger charge is -2.42. The Morgan fingerprint density at radius 1 is 1.26 bits per heavy atom. The zero-order chi connectivity index (χ0) is 25.2. The van der Waals surface area contributed by atoms with Crippen LogP contribution in [0.25, 0.3) is 0 Å². The van der Waals surface area contributed by atoms with E-state index >= 15 is 0 Å². The van der Waals surface area contributed by atoms with E-state index in [1.165, 1.54) is 6.20 Å². The first kappa shape index (κ1) is 26.2. The summed E-state index contributed by atoms with van der Waals surface area (Å²) in [5.74, 6) is 0.668. The third-order valence-corrected chi connectivity index (χ3v) is 8.10. The van der Waals surface area contributed by atoms with Gasteiger partial charge < -0.3 is 24.6 Å². The van der Waals surface area contributed by atoms with E-state index in [0.717, 1.165) is 37.8 Å². The molecule has 3 heterocycles. The van der Waals surface area contributed by atoms with Crippen LogP contribution in [0, 0.1) is 11.3 Å². The third-order valence-electron chi connectivity index (χ3n) is 8.10. The summed E-state index contributed by atoms with van der Waals surface area (Å²) in [6.07, 6.45) is 0.256. The number of nitrogens with zero attached hydrogens (tertiary/aromatic N) is 3. The second-order valence-corrected chi connectivity index (χ2v) is 10.3. The smallest absolute Gasteiger partial charge is 0.379 e. The molecule has 3 fully saturated rings. The minimum atomic E-state index is -4.40. The number of hydrogen-bond donors (Lipinski definition) is 1. The number of halogens is 3. The van der Waals surface area contributed by atoms with Crippen molar-refractivity contribution in [1.82, 2.24) is 15.2 Å². The topological polar surface area (TPSA) is 66.9 Å². The van der Waals surface area contributed by atoms with Crippen molar-refractivity contribution in [1.29, 1.82) is 0 Å². The molecule has 4 rings (SSSR count). The molecule has 10 heteroatoms. The van der Waals surface area contributed by atoms with Gasteiger partial charge in [0.05, 0.1) is 23.7 Å². The second-order valence-electron chi connectivity index (χ2n) is 10.3. The molecule has 7 nitrogen and oxygen atoms in total. The maximum Gasteiger partial charge on any atom is 0.416 e. The van der Waals surface area contributed by atoms with Crippen LogP contribution < -0.4 is 10.2 Å². The number of rotatable bonds is 6. The van der Waals surface area contributed by atoms with Crippen LogP contribution in [0.2, 0.25) is 0 Å². The summed E-state index contributed by atoms with van der Waals surface area (Å²) in [6.45, 7) is 7.43. The van der Waals surface area contributed by atoms with Crippen molar-refractivity contribution in [3.05, 3.63) is 23.9 Å². The lowest BCUT2D eigenvalue weighted by molar-refractivity contribution is -0.145. The summed E-state index contributed by atoms with van der Waals surface area (Å²) in [6, 6.07) is 2.54. The van der Waals surface area contributed by atoms with E-state index in [4.69, 9.17) is 9.47 Å². The molecule has 0 radical (unpaired) electrons. The third kappa shape index (κ3) is 5.59. The number of hydrogen-bond acceptors (Lipinski definition) is 6. The SMILES string of the molecule is CO[C@@H]1COCC[C@@H]1N[C@@H]1CCC(C(=O)N2CCN(c3cc(C(F)(F)F)ccn3)CC2)(C(C)C)C1. The van der Waals surface area contributed by atoms with Gasteiger partial charge in [0.15, 0.2) is 0 Å². The van der Waals surface area contributed by atoms with Crippen molar-refractivity contribution >= 4 is 11.7 Å². The summed E-state index contributed by atoms with van der Waals surface area (Å²) in [5, 5.41) is 3.75. The summed E-state index contributed by atoms with van der Waals surface area (Å²) >= 11 is 0. The number of aromatic nitrogens is 1. The van der Waals surface area contributed by atoms with Gasteiger partial charge in [-0.2, -0.15) is 13.2 Å². The predicted molar refractivity (Wildman–Crippen MR) is 126 cm³/mol. The summed E-state index contributed by atoms with van der Waals surface area (Å²) < 4.78 is 50.4. The minimum Gasteiger partial charge on any atom is -0.379 e. The number of nitrogens with one attached hydrogen (secondary N) is 1. The fourth-order valence-corrected chi connectivity index (χ4v) is 5.84. The Kier molecular flexibility index (Phi) is 7.92. The number of ether oxygens (including phenoxy) is 2. The van der Waals surface area contributed by atoms with E-state index in [1.807, 2.05) is 9.80 Å². The molecule has 1 amide bonds. The number of piperazine rings is 1. The summed E-state index contributed by atoms with van der Waals surface area (Å²) in [4.78, 5) is 21.7. The molecule has 4 atom stereocenters. The Balaban J connectivity index is 1.38. The first-order chi connectivity index (χ1) is 16.6. The van der Waals surface area contributed by atoms with Gasteiger partial charge in [-0.05, 0) is 43.7 Å². The van der Waals surface area contributed by atoms with Gasteiger partial charge >= 0.3 is 6.18 Å². The van der Waals surface area contributed by atoms with Gasteiger partial charge in [-0.25, -0.2) is 4.98 Å². The fourth-order valence-electron chi connectivity index (χ4n) is 5.84. The number of carbonyl (C=O) groups excluding carboxylic acids is 1. The number of amides is 1. The van der Waals surface area contributed by atoms with Crippen LogP contribution in [0.4, 0.5) is 19.0 Å². The quantitative estimate of drug-likeness (QED) is 0.649. The van der Waals surface area contributed by atoms with Gasteiger partial charge in [-0.3, -0.25) is 4.79 Å². The van der Waals surface area contributed by atoms with E-state index < -0.39 is 17.2 Å². The van der Waals surface area contributed by atoms with E-state index in [-0.39, 0.29) is 30.0 Å². The van der Waals surface area contributed by atoms with E-state index in [1.54, 1.807) is 7.11 Å². The zero-order valence-electron chi connectivity index (χ0n) is 20.8. The average Bonchev–Trinajstić information content (AvgIpc) is 3.29. The van der Waals surface area contributed by atoms with E-state index in [0.29, 0.717) is 45.2 Å². The molecule has 1 aromatic rings. The molecule has 1 aliphatic carbocycles. The highest BCUT2D eigenvalue weighted by Gasteiger charge is 2.50. The predicted octanol–water partition coefficient (Wildman–Crippen LogP) is 3.34. The van der Waals surface area contributed by atoms with Crippen molar-refractivity contribution in [2.45, 2.75) is 63.9 Å². The number of alkyl halides is 3. The molecular formula is C25H37F3N4O3. The van der Waals surface area contributed by atoms with Crippen LogP contribution in [-0.2, 0) is 20.4 Å². The van der Waals surface area contributed by atoms with Gasteiger partial charge in [0.1, 0.15) is 5.82 Å². The molecule has 0 aromatic carbocycles. The van der Waals surface area contributed by atoms with E-state index in [9.17, 15) is 18.0 Å². The molecule has 0 bridgehead atoms. The molecular weight excluding hydrogens is 461 g/mol. The van der Waals surface area contributed by atoms with Crippen molar-refractivity contribution in [2.75, 3.05) is 51.4 Å². The molecule has 196 valence electrons. The fraction of sp³-hybridized carbons (Fsp3) is 0.760. The first-order valence-electron chi connectivity index (χ1n) is 12.6. The summed E-state index contributed by atoms with van der Waals surface area (Å²) in [7, 11) is 1.71. The van der Waals surface area contributed by atoms with Gasteiger partial charge in [-0.1, -0.05) is 13.8 Å². The van der Waals surface area contributed by atoms with Gasteiger partial charge in [0, 0.05) is 58.2 Å². The van der Waals surface area contributed by atoms with Gasteiger partial charge in [0.25, 0.3) is 0 Å². The van der Waals surface area contributed by atoms with Crippen molar-refractivity contribution in [2.24, 2.45) is 11.3 Å². The maximum atomic E-state index is 13.8. The van der Waals surface area contributed by atoms with Crippen LogP contribution in [0.1, 0.15) is 45.1 Å². The molecule has 1 unspecified atom stereocenters. The summed E-state index contributed by atoms with van der Waals surface area (Å²) in [5.41, 5.74) is -1.13. The highest BCUT2D eigenvalue weighted by molar-refractivity contribution is 5.84. The maximum absolute atomic E-state index is 13.8. The van der Waals surface area contributed by atoms with Crippen LogP contribution in [0.3, 0.4) is 0 Å². The highest BCUT2D eigenvalue weighted by Crippen LogP contribution is 2.46. The Morgan fingerprint density at radius 3 is 2.66 bits per heavy atom. The van der Waals surface area contributed by atoms with Gasteiger partial charge in [0.2, 0.25) is 5.91 Å². The standard InChI is InChI=1S/C25H37F3N4O3/c1-17(2)24(7-4-19(15-24)30-20-6-13-35-16-21(20)34-3)23(33)32-11-9-31(10-12-32)22-14-18(5-8-29-22)25(26,27)28/h5,8,14,17,19-21,30H,4,6-7,9-13,15-16H2,1-3H3/t19-,20+,21-,24?/m1/s1. The Hall–Kier alpha value is -1.91. The molecule has 1 aromatic heterocycles. The molecule has 1 saturated carbocycles. The molecule has 0 spiro atoms. The van der Waals surface area contributed by atoms with Gasteiger partial charge in [-0.15, -0.1) is 0 Å². The van der Waals surface area contributed by atoms with E-state index in [2.05, 4.69) is 24.1 Å². The monoisotopic (exact) mass is 498 g/mol. The average molecular weight is 499 g/mol. The second kappa shape index (κ2) is 10.6. The van der Waals surface area contributed by atoms with Crippen LogP contribution >= 0.6 is 0 Å². The first-order valence-corrected chi connectivity index (χ1v) is 12.6. The Morgan fingerprint density at radius 2 is 2.00 bits per heavy atom. The highest BCUT2D eigenvalue weighted by atomic mass is 19.4. The van der Waals surface area contributed by atoms with Crippen LogP contribution in [0.5, 0.6) is 0 Å². The lowest BCUT2D eigenvalue weighted by Crippen LogP contribution is -2.55. The van der Waals surface area contributed by atoms with Crippen molar-refractivity contribution < 1.29 is 27.4 Å². The normalized spacial score (nSPS) is 30.2. The minimum absolute atomic E-state index is 0.0195. The Bertz CT molecular complexity index is 876. The largest absolute Gasteiger partial charge is 0.416 e. The molecule has 2 aliphatic heterocycles. The Labute approximate surface area is 205 Å². The number of methoxy groups -OCH3 is 1. The molecule has 2 saturated heterocycles. The molecule has 3 aliphatic rings. The van der Waals surface area contributed by atoms with Crippen LogP contribution in [0.15, 0.2) is 18.3 Å². The number of carbonyl (C=O) groups is 1. The molecule has 1 N–H and O–H groups in total.